The molecule has 0 saturated heterocycles. The van der Waals surface area contributed by atoms with Gasteiger partial charge in [-0.15, -0.1) is 0 Å². The molecule has 5 nitrogen and oxygen atoms in total. The van der Waals surface area contributed by atoms with Crippen molar-refractivity contribution in [1.29, 1.82) is 0 Å². The van der Waals surface area contributed by atoms with Gasteiger partial charge < -0.3 is 9.88 Å². The van der Waals surface area contributed by atoms with Crippen LogP contribution in [0.5, 0.6) is 0 Å². The lowest BCUT2D eigenvalue weighted by molar-refractivity contribution is 0.0941. The third-order valence-corrected chi connectivity index (χ3v) is 3.45. The number of carbonyl (C=O) groups excluding carboxylic acids is 1. The lowest BCUT2D eigenvalue weighted by Gasteiger charge is -2.19. The van der Waals surface area contributed by atoms with E-state index in [4.69, 9.17) is 0 Å². The van der Waals surface area contributed by atoms with E-state index >= 15 is 0 Å². The van der Waals surface area contributed by atoms with Crippen LogP contribution >= 0.6 is 0 Å². The molecule has 110 valence electrons. The van der Waals surface area contributed by atoms with Gasteiger partial charge in [-0.3, -0.25) is 9.78 Å². The number of aryl methyl sites for hydroxylation is 1. The molecule has 0 unspecified atom stereocenters. The van der Waals surface area contributed by atoms with Crippen molar-refractivity contribution in [2.24, 2.45) is 7.05 Å². The molecule has 0 aliphatic carbocycles. The zero-order valence-electron chi connectivity index (χ0n) is 12.2. The SMILES string of the molecule is Cn1ccnc1[C@@H](NC(=O)c1cccnc1)c1ccccc1. The smallest absolute Gasteiger partial charge is 0.253 e. The van der Waals surface area contributed by atoms with Crippen LogP contribution in [-0.2, 0) is 7.05 Å². The fourth-order valence-corrected chi connectivity index (χ4v) is 2.31. The standard InChI is InChI=1S/C17H16N4O/c1-21-11-10-19-16(21)15(13-6-3-2-4-7-13)20-17(22)14-8-5-9-18-12-14/h2-12,15H,1H3,(H,20,22)/t15-/m0/s1. The topological polar surface area (TPSA) is 59.8 Å². The highest BCUT2D eigenvalue weighted by atomic mass is 16.1. The van der Waals surface area contributed by atoms with Crippen molar-refractivity contribution < 1.29 is 4.79 Å². The van der Waals surface area contributed by atoms with E-state index in [1.807, 2.05) is 48.1 Å². The van der Waals surface area contributed by atoms with E-state index in [0.29, 0.717) is 5.56 Å². The molecule has 0 saturated carbocycles. The first-order chi connectivity index (χ1) is 10.8. The number of aromatic nitrogens is 3. The molecule has 0 fully saturated rings. The van der Waals surface area contributed by atoms with E-state index < -0.39 is 0 Å². The molecule has 22 heavy (non-hydrogen) atoms. The Bertz CT molecular complexity index is 753. The molecule has 0 bridgehead atoms. The third kappa shape index (κ3) is 2.88. The molecular weight excluding hydrogens is 276 g/mol. The van der Waals surface area contributed by atoms with Gasteiger partial charge in [0.15, 0.2) is 0 Å². The van der Waals surface area contributed by atoms with Gasteiger partial charge in [0, 0.05) is 31.8 Å². The van der Waals surface area contributed by atoms with Gasteiger partial charge in [0.25, 0.3) is 5.91 Å². The molecule has 0 aliphatic heterocycles. The number of carbonyl (C=O) groups is 1. The summed E-state index contributed by atoms with van der Waals surface area (Å²) in [5.74, 6) is 0.605. The molecule has 0 radical (unpaired) electrons. The fourth-order valence-electron chi connectivity index (χ4n) is 2.31. The molecule has 0 spiro atoms. The summed E-state index contributed by atoms with van der Waals surface area (Å²) in [6, 6.07) is 13.0. The van der Waals surface area contributed by atoms with Gasteiger partial charge in [-0.2, -0.15) is 0 Å². The number of nitrogens with zero attached hydrogens (tertiary/aromatic N) is 3. The molecule has 3 aromatic rings. The number of pyridine rings is 1. The van der Waals surface area contributed by atoms with E-state index in [-0.39, 0.29) is 11.9 Å². The number of imidazole rings is 1. The number of nitrogens with one attached hydrogen (secondary N) is 1. The Kier molecular flexibility index (Phi) is 3.96. The average Bonchev–Trinajstić information content (AvgIpc) is 3.00. The van der Waals surface area contributed by atoms with Gasteiger partial charge in [0.05, 0.1) is 5.56 Å². The first kappa shape index (κ1) is 14.0. The summed E-state index contributed by atoms with van der Waals surface area (Å²) in [7, 11) is 1.91. The third-order valence-electron chi connectivity index (χ3n) is 3.45. The van der Waals surface area contributed by atoms with E-state index in [2.05, 4.69) is 15.3 Å². The zero-order chi connectivity index (χ0) is 15.4. The summed E-state index contributed by atoms with van der Waals surface area (Å²) in [5.41, 5.74) is 1.51. The van der Waals surface area contributed by atoms with Gasteiger partial charge in [0.1, 0.15) is 11.9 Å². The highest BCUT2D eigenvalue weighted by molar-refractivity contribution is 5.94. The largest absolute Gasteiger partial charge is 0.338 e. The van der Waals surface area contributed by atoms with E-state index in [1.165, 1.54) is 0 Å². The first-order valence-corrected chi connectivity index (χ1v) is 6.99. The summed E-state index contributed by atoms with van der Waals surface area (Å²) in [6.45, 7) is 0. The fraction of sp³-hybridized carbons (Fsp3) is 0.118. The van der Waals surface area contributed by atoms with Gasteiger partial charge in [-0.25, -0.2) is 4.98 Å². The molecular formula is C17H16N4O. The van der Waals surface area contributed by atoms with Crippen molar-refractivity contribution in [2.45, 2.75) is 6.04 Å². The Labute approximate surface area is 128 Å². The monoisotopic (exact) mass is 292 g/mol. The van der Waals surface area contributed by atoms with E-state index in [1.54, 1.807) is 30.7 Å². The minimum Gasteiger partial charge on any atom is -0.338 e. The molecule has 2 heterocycles. The lowest BCUT2D eigenvalue weighted by atomic mass is 10.1. The molecule has 1 aromatic carbocycles. The Morgan fingerprint density at radius 1 is 1.14 bits per heavy atom. The van der Waals surface area contributed by atoms with E-state index in [0.717, 1.165) is 11.4 Å². The Morgan fingerprint density at radius 2 is 1.95 bits per heavy atom. The van der Waals surface area contributed by atoms with Crippen LogP contribution in [-0.4, -0.2) is 20.4 Å². The normalized spacial score (nSPS) is 11.9. The highest BCUT2D eigenvalue weighted by Gasteiger charge is 2.21. The Balaban J connectivity index is 1.93. The highest BCUT2D eigenvalue weighted by Crippen LogP contribution is 2.20. The molecule has 5 heteroatoms. The van der Waals surface area contributed by atoms with Gasteiger partial charge in [0.2, 0.25) is 0 Å². The number of benzene rings is 1. The predicted molar refractivity (Wildman–Crippen MR) is 83.2 cm³/mol. The average molecular weight is 292 g/mol. The summed E-state index contributed by atoms with van der Waals surface area (Å²) < 4.78 is 1.90. The molecule has 3 rings (SSSR count). The van der Waals surface area contributed by atoms with Crippen LogP contribution in [0.4, 0.5) is 0 Å². The van der Waals surface area contributed by atoms with Crippen LogP contribution in [0.3, 0.4) is 0 Å². The number of rotatable bonds is 4. The minimum atomic E-state index is -0.311. The van der Waals surface area contributed by atoms with Crippen LogP contribution in [0.25, 0.3) is 0 Å². The van der Waals surface area contributed by atoms with Crippen molar-refractivity contribution in [3.05, 3.63) is 84.2 Å². The molecule has 1 N–H and O–H groups in total. The maximum absolute atomic E-state index is 12.4. The van der Waals surface area contributed by atoms with Crippen molar-refractivity contribution in [3.8, 4) is 0 Å². The Morgan fingerprint density at radius 3 is 2.59 bits per heavy atom. The second kappa shape index (κ2) is 6.22. The van der Waals surface area contributed by atoms with Crippen molar-refractivity contribution in [1.82, 2.24) is 19.9 Å². The quantitative estimate of drug-likeness (QED) is 0.803. The number of hydrogen-bond donors (Lipinski definition) is 1. The maximum Gasteiger partial charge on any atom is 0.253 e. The number of hydrogen-bond acceptors (Lipinski definition) is 3. The molecule has 1 amide bonds. The van der Waals surface area contributed by atoms with Crippen molar-refractivity contribution >= 4 is 5.91 Å². The Hall–Kier alpha value is -2.95. The van der Waals surface area contributed by atoms with Crippen LogP contribution < -0.4 is 5.32 Å². The zero-order valence-corrected chi connectivity index (χ0v) is 12.2. The van der Waals surface area contributed by atoms with Crippen LogP contribution in [0, 0.1) is 0 Å². The van der Waals surface area contributed by atoms with Crippen molar-refractivity contribution in [3.63, 3.8) is 0 Å². The molecule has 1 atom stereocenters. The van der Waals surface area contributed by atoms with Gasteiger partial charge in [-0.05, 0) is 17.7 Å². The van der Waals surface area contributed by atoms with Crippen LogP contribution in [0.2, 0.25) is 0 Å². The van der Waals surface area contributed by atoms with Crippen LogP contribution in [0.1, 0.15) is 27.8 Å². The molecule has 0 aliphatic rings. The summed E-state index contributed by atoms with van der Waals surface area (Å²) in [5, 5.41) is 3.03. The van der Waals surface area contributed by atoms with Crippen molar-refractivity contribution in [2.75, 3.05) is 0 Å². The number of amides is 1. The summed E-state index contributed by atoms with van der Waals surface area (Å²) in [6.07, 6.45) is 6.78. The minimum absolute atomic E-state index is 0.176. The molecule has 2 aromatic heterocycles. The van der Waals surface area contributed by atoms with Gasteiger partial charge in [-0.1, -0.05) is 30.3 Å². The first-order valence-electron chi connectivity index (χ1n) is 6.99. The maximum atomic E-state index is 12.4. The second-order valence-electron chi connectivity index (χ2n) is 4.96. The van der Waals surface area contributed by atoms with Crippen LogP contribution in [0.15, 0.2) is 67.3 Å². The van der Waals surface area contributed by atoms with Gasteiger partial charge >= 0.3 is 0 Å². The lowest BCUT2D eigenvalue weighted by Crippen LogP contribution is -2.31. The van der Waals surface area contributed by atoms with E-state index in [9.17, 15) is 4.79 Å². The summed E-state index contributed by atoms with van der Waals surface area (Å²) in [4.78, 5) is 20.8. The summed E-state index contributed by atoms with van der Waals surface area (Å²) >= 11 is 0. The second-order valence-corrected chi connectivity index (χ2v) is 4.96. The predicted octanol–water partition coefficient (Wildman–Crippen LogP) is 2.33.